The third-order valence-electron chi connectivity index (χ3n) is 6.82. The number of carbonyl (C=O) groups is 4. The van der Waals surface area contributed by atoms with E-state index in [1.807, 2.05) is 12.1 Å². The lowest BCUT2D eigenvalue weighted by Crippen LogP contribution is -2.44. The maximum atomic E-state index is 13.8. The molecule has 0 radical (unpaired) electrons. The van der Waals surface area contributed by atoms with Crippen LogP contribution in [0.25, 0.3) is 20.5 Å². The fourth-order valence-corrected chi connectivity index (χ4v) is 5.05. The standard InChI is InChI=1S/C30H10N6O4/c1-33-17-5-9-19(10-6-17)36-27(37)20-11-16(14-32)23-24-21(12-22(34-2)26(25(20)24)30(36)40)28(38)35(29(23)39)18-7-3-15(13-31)4-8-18/h3-12H. The second-order valence-corrected chi connectivity index (χ2v) is 8.82. The van der Waals surface area contributed by atoms with E-state index in [0.717, 1.165) is 9.80 Å². The van der Waals surface area contributed by atoms with Crippen molar-refractivity contribution in [2.45, 2.75) is 0 Å². The van der Waals surface area contributed by atoms with E-state index in [9.17, 15) is 24.4 Å². The van der Waals surface area contributed by atoms with Gasteiger partial charge in [-0.05, 0) is 53.9 Å². The Labute approximate surface area is 225 Å². The van der Waals surface area contributed by atoms with Gasteiger partial charge < -0.3 is 0 Å². The Bertz CT molecular complexity index is 1920. The van der Waals surface area contributed by atoms with Gasteiger partial charge in [0.2, 0.25) is 5.69 Å². The normalized spacial score (nSPS) is 13.5. The Kier molecular flexibility index (Phi) is 5.03. The van der Waals surface area contributed by atoms with Crippen LogP contribution in [0.5, 0.6) is 0 Å². The molecule has 6 rings (SSSR count). The van der Waals surface area contributed by atoms with Gasteiger partial charge in [0, 0.05) is 22.2 Å². The van der Waals surface area contributed by atoms with Crippen molar-refractivity contribution >= 4 is 57.2 Å². The lowest BCUT2D eigenvalue weighted by Gasteiger charge is -2.33. The van der Waals surface area contributed by atoms with Gasteiger partial charge >= 0.3 is 0 Å². The highest BCUT2D eigenvalue weighted by Gasteiger charge is 2.43. The number of amides is 4. The Balaban J connectivity index is 1.65. The van der Waals surface area contributed by atoms with Crippen molar-refractivity contribution in [3.63, 3.8) is 0 Å². The molecule has 2 aliphatic heterocycles. The Hall–Kier alpha value is -6.62. The van der Waals surface area contributed by atoms with Crippen LogP contribution in [0.2, 0.25) is 0 Å². The van der Waals surface area contributed by atoms with Crippen molar-refractivity contribution in [3.05, 3.63) is 117 Å². The summed E-state index contributed by atoms with van der Waals surface area (Å²) >= 11 is 0. The molecular weight excluding hydrogens is 508 g/mol. The molecule has 4 aromatic carbocycles. The van der Waals surface area contributed by atoms with E-state index in [2.05, 4.69) is 9.69 Å². The van der Waals surface area contributed by atoms with Gasteiger partial charge in [0.05, 0.1) is 47.2 Å². The molecule has 4 aromatic rings. The molecule has 40 heavy (non-hydrogen) atoms. The summed E-state index contributed by atoms with van der Waals surface area (Å²) in [5, 5.41) is 19.0. The zero-order valence-corrected chi connectivity index (χ0v) is 20.1. The zero-order valence-electron chi connectivity index (χ0n) is 20.1. The summed E-state index contributed by atoms with van der Waals surface area (Å²) in [6.07, 6.45) is 0. The van der Waals surface area contributed by atoms with Crippen LogP contribution in [0.1, 0.15) is 52.6 Å². The van der Waals surface area contributed by atoms with Crippen LogP contribution >= 0.6 is 0 Å². The zero-order chi connectivity index (χ0) is 28.3. The minimum Gasteiger partial charge on any atom is -0.270 e. The molecule has 10 nitrogen and oxygen atoms in total. The van der Waals surface area contributed by atoms with E-state index in [1.54, 1.807) is 0 Å². The molecule has 0 spiro atoms. The van der Waals surface area contributed by atoms with Crippen LogP contribution in [0.3, 0.4) is 0 Å². The van der Waals surface area contributed by atoms with Crippen LogP contribution in [0.4, 0.5) is 22.7 Å². The summed E-state index contributed by atoms with van der Waals surface area (Å²) < 4.78 is 0. The second kappa shape index (κ2) is 8.46. The van der Waals surface area contributed by atoms with Gasteiger partial charge in [-0.25, -0.2) is 19.5 Å². The number of carbonyl (C=O) groups excluding carboxylic acids is 4. The maximum Gasteiger partial charge on any atom is 0.267 e. The topological polar surface area (TPSA) is 131 Å². The van der Waals surface area contributed by atoms with Gasteiger partial charge in [-0.1, -0.05) is 12.1 Å². The average Bonchev–Trinajstić information content (AvgIpc) is 2.98. The van der Waals surface area contributed by atoms with E-state index in [0.29, 0.717) is 5.56 Å². The first-order valence-electron chi connectivity index (χ1n) is 11.5. The van der Waals surface area contributed by atoms with Crippen molar-refractivity contribution in [2.75, 3.05) is 9.80 Å². The molecule has 10 heteroatoms. The highest BCUT2D eigenvalue weighted by Crippen LogP contribution is 2.45. The van der Waals surface area contributed by atoms with Crippen LogP contribution in [-0.2, 0) is 0 Å². The van der Waals surface area contributed by atoms with Crippen LogP contribution in [-0.4, -0.2) is 23.6 Å². The second-order valence-electron chi connectivity index (χ2n) is 8.82. The van der Waals surface area contributed by atoms with E-state index in [-0.39, 0.29) is 61.3 Å². The number of imide groups is 2. The predicted molar refractivity (Wildman–Crippen MR) is 141 cm³/mol. The summed E-state index contributed by atoms with van der Waals surface area (Å²) in [6.45, 7) is 14.9. The molecule has 0 saturated carbocycles. The SMILES string of the molecule is [C-]#[N+]c1ccc(N2C(=O)c3cc(C#N)c4c5c(cc([N+]#[C-])c(c35)C2=O)C(=O)N(c2ccc(C#N)cc2)C4=O)cc1. The third kappa shape index (κ3) is 3.05. The maximum absolute atomic E-state index is 13.8. The molecule has 0 fully saturated rings. The van der Waals surface area contributed by atoms with Crippen molar-refractivity contribution in [1.29, 1.82) is 10.5 Å². The summed E-state index contributed by atoms with van der Waals surface area (Å²) in [4.78, 5) is 63.4. The van der Waals surface area contributed by atoms with Crippen molar-refractivity contribution < 1.29 is 19.2 Å². The first kappa shape index (κ1) is 23.8. The number of anilines is 2. The lowest BCUT2D eigenvalue weighted by atomic mass is 9.82. The van der Waals surface area contributed by atoms with Gasteiger partial charge in [-0.15, -0.1) is 0 Å². The molecule has 0 N–H and O–H groups in total. The number of hydrogen-bond donors (Lipinski definition) is 0. The minimum absolute atomic E-state index is 0.0392. The predicted octanol–water partition coefficient (Wildman–Crippen LogP) is 5.29. The van der Waals surface area contributed by atoms with Gasteiger partial charge in [0.25, 0.3) is 23.6 Å². The average molecular weight is 518 g/mol. The van der Waals surface area contributed by atoms with Crippen molar-refractivity contribution in [3.8, 4) is 12.1 Å². The molecule has 184 valence electrons. The van der Waals surface area contributed by atoms with Gasteiger partial charge in [-0.3, -0.25) is 19.2 Å². The number of nitrogens with zero attached hydrogens (tertiary/aromatic N) is 6. The Morgan fingerprint density at radius 1 is 0.625 bits per heavy atom. The number of nitriles is 2. The molecule has 0 bridgehead atoms. The fraction of sp³-hybridized carbons (Fsp3) is 0. The molecular formula is C30H10N6O4. The smallest absolute Gasteiger partial charge is 0.267 e. The summed E-state index contributed by atoms with van der Waals surface area (Å²) in [6, 6.07) is 17.7. The summed E-state index contributed by atoms with van der Waals surface area (Å²) in [7, 11) is 0. The fourth-order valence-electron chi connectivity index (χ4n) is 5.05. The van der Waals surface area contributed by atoms with Gasteiger partial charge in [-0.2, -0.15) is 10.5 Å². The lowest BCUT2D eigenvalue weighted by molar-refractivity contribution is 0.0873. The first-order chi connectivity index (χ1) is 19.3. The highest BCUT2D eigenvalue weighted by atomic mass is 16.2. The Morgan fingerprint density at radius 3 is 1.68 bits per heavy atom. The van der Waals surface area contributed by atoms with Gasteiger partial charge in [0.1, 0.15) is 6.07 Å². The van der Waals surface area contributed by atoms with Gasteiger partial charge in [0.15, 0.2) is 5.69 Å². The molecule has 0 aromatic heterocycles. The highest BCUT2D eigenvalue weighted by molar-refractivity contribution is 6.43. The first-order valence-corrected chi connectivity index (χ1v) is 11.5. The molecule has 4 amide bonds. The van der Waals surface area contributed by atoms with Crippen LogP contribution in [0.15, 0.2) is 60.7 Å². The van der Waals surface area contributed by atoms with E-state index in [1.165, 1.54) is 60.7 Å². The van der Waals surface area contributed by atoms with E-state index in [4.69, 9.17) is 18.4 Å². The minimum atomic E-state index is -0.844. The quantitative estimate of drug-likeness (QED) is 0.262. The summed E-state index contributed by atoms with van der Waals surface area (Å²) in [5.74, 6) is -3.30. The molecule has 0 aliphatic carbocycles. The number of rotatable bonds is 2. The number of benzene rings is 4. The monoisotopic (exact) mass is 518 g/mol. The molecule has 2 heterocycles. The number of hydrogen-bond acceptors (Lipinski definition) is 6. The summed E-state index contributed by atoms with van der Waals surface area (Å²) in [5.41, 5.74) is -0.0814. The molecule has 0 saturated heterocycles. The van der Waals surface area contributed by atoms with Crippen LogP contribution < -0.4 is 9.80 Å². The molecule has 2 aliphatic rings. The largest absolute Gasteiger partial charge is 0.270 e. The van der Waals surface area contributed by atoms with Crippen LogP contribution in [0, 0.1) is 35.8 Å². The molecule has 0 unspecified atom stereocenters. The van der Waals surface area contributed by atoms with E-state index >= 15 is 0 Å². The van der Waals surface area contributed by atoms with E-state index < -0.39 is 23.6 Å². The van der Waals surface area contributed by atoms with Crippen molar-refractivity contribution in [1.82, 2.24) is 0 Å². The third-order valence-corrected chi connectivity index (χ3v) is 6.82. The Morgan fingerprint density at radius 2 is 1.15 bits per heavy atom. The van der Waals surface area contributed by atoms with Crippen molar-refractivity contribution in [2.24, 2.45) is 0 Å². The molecule has 0 atom stereocenters.